The van der Waals surface area contributed by atoms with Crippen LogP contribution in [0.15, 0.2) is 166 Å². The molecule has 34 heteroatoms. The number of benzene rings is 5. The molecule has 4 aliphatic rings. The third-order valence-corrected chi connectivity index (χ3v) is 17.5. The number of rotatable bonds is 13. The molecule has 512 valence electrons. The van der Waals surface area contributed by atoms with Crippen molar-refractivity contribution in [1.82, 2.24) is 83.0 Å². The number of aliphatic carboxylic acids is 2. The van der Waals surface area contributed by atoms with Crippen LogP contribution in [0.4, 0.5) is 0 Å². The zero-order valence-corrected chi connectivity index (χ0v) is 55.2. The summed E-state index contributed by atoms with van der Waals surface area (Å²) in [5.74, 6) is -1.82. The normalized spacial score (nSPS) is 12.8. The van der Waals surface area contributed by atoms with Gasteiger partial charge < -0.3 is 42.6 Å². The second-order valence-corrected chi connectivity index (χ2v) is 23.9. The zero-order valence-electron chi connectivity index (χ0n) is 55.2. The lowest BCUT2D eigenvalue weighted by Crippen LogP contribution is -2.29. The lowest BCUT2D eigenvalue weighted by Gasteiger charge is -2.05. The Bertz CT molecular complexity index is 6910. The molecule has 11 aromatic heterocycles. The van der Waals surface area contributed by atoms with Crippen molar-refractivity contribution in [2.75, 3.05) is 33.8 Å². The number of aromatic nitrogens is 17. The molecule has 0 saturated heterocycles. The maximum absolute atomic E-state index is 11.5. The third kappa shape index (κ3) is 11.9. The second kappa shape index (κ2) is 27.2. The van der Waals surface area contributed by atoms with E-state index in [1.54, 1.807) is 11.5 Å². The van der Waals surface area contributed by atoms with Gasteiger partial charge in [-0.15, -0.1) is 0 Å². The Labute approximate surface area is 580 Å². The number of carboxylic acid groups (broad SMARTS) is 2. The van der Waals surface area contributed by atoms with Gasteiger partial charge in [0.15, 0.2) is 72.1 Å². The van der Waals surface area contributed by atoms with E-state index in [4.69, 9.17) is 24.8 Å². The van der Waals surface area contributed by atoms with E-state index in [1.807, 2.05) is 135 Å². The summed E-state index contributed by atoms with van der Waals surface area (Å²) in [5.41, 5.74) is 17.1. The maximum Gasteiger partial charge on any atom is 0.323 e. The number of aryl methyl sites for hydroxylation is 3. The smallest absolute Gasteiger partial charge is 0.323 e. The molecule has 0 amide bonds. The van der Waals surface area contributed by atoms with Crippen LogP contribution in [-0.2, 0) is 56.6 Å². The van der Waals surface area contributed by atoms with Crippen LogP contribution in [-0.4, -0.2) is 151 Å². The predicted octanol–water partition coefficient (Wildman–Crippen LogP) is 3.32. The molecule has 0 bridgehead atoms. The minimum atomic E-state index is -0.920. The number of para-hydroxylation sites is 5. The van der Waals surface area contributed by atoms with Gasteiger partial charge in [0.1, 0.15) is 73.1 Å². The Morgan fingerprint density at radius 2 is 0.740 bits per heavy atom. The van der Waals surface area contributed by atoms with Crippen LogP contribution in [0.25, 0.3) is 122 Å². The second-order valence-electron chi connectivity index (χ2n) is 23.9. The van der Waals surface area contributed by atoms with E-state index >= 15 is 0 Å². The van der Waals surface area contributed by atoms with Gasteiger partial charge in [-0.1, -0.05) is 91.0 Å². The van der Waals surface area contributed by atoms with Crippen molar-refractivity contribution in [3.8, 4) is 6.07 Å². The highest BCUT2D eigenvalue weighted by Crippen LogP contribution is 2.31. The molecule has 0 atom stereocenters. The number of fused-ring (bicyclic) bond motifs is 20. The fourth-order valence-electron chi connectivity index (χ4n) is 13.0. The third-order valence-electron chi connectivity index (χ3n) is 17.5. The highest BCUT2D eigenvalue weighted by atomic mass is 16.6. The van der Waals surface area contributed by atoms with Gasteiger partial charge in [-0.2, -0.15) is 5.26 Å². The molecule has 20 rings (SSSR count). The molecule has 34 nitrogen and oxygen atoms in total. The van der Waals surface area contributed by atoms with Gasteiger partial charge in [0.25, 0.3) is 0 Å². The Morgan fingerprint density at radius 3 is 1.12 bits per heavy atom. The summed E-state index contributed by atoms with van der Waals surface area (Å²) >= 11 is 0. The van der Waals surface area contributed by atoms with E-state index in [1.165, 1.54) is 7.11 Å². The highest BCUT2D eigenvalue weighted by Gasteiger charge is 2.22. The fourth-order valence-corrected chi connectivity index (χ4v) is 13.0. The first-order valence-electron chi connectivity index (χ1n) is 32.7. The van der Waals surface area contributed by atoms with E-state index in [2.05, 4.69) is 111 Å². The molecule has 0 unspecified atom stereocenters. The van der Waals surface area contributed by atoms with Crippen LogP contribution in [0.5, 0.6) is 0 Å². The molecule has 2 N–H and O–H groups in total. The number of carboxylic acids is 2. The Balaban J connectivity index is 0.000000100. The summed E-state index contributed by atoms with van der Waals surface area (Å²) in [5, 5.41) is 39.4. The summed E-state index contributed by atoms with van der Waals surface area (Å²) in [4.78, 5) is 123. The molecule has 0 saturated carbocycles. The van der Waals surface area contributed by atoms with Crippen molar-refractivity contribution in [2.45, 2.75) is 65.3 Å². The molecular weight excluding hydrogens is 1330 g/mol. The number of Topliss-reactive ketones (excluding diaryl/α,β-unsaturated/α-hetero) is 1. The van der Waals surface area contributed by atoms with Crippen LogP contribution >= 0.6 is 0 Å². The number of carbonyl (C=O) groups is 4. The topological polar surface area (TPSA) is 433 Å². The van der Waals surface area contributed by atoms with Crippen LogP contribution in [0.3, 0.4) is 0 Å². The van der Waals surface area contributed by atoms with Gasteiger partial charge in [0.2, 0.25) is 11.3 Å². The summed E-state index contributed by atoms with van der Waals surface area (Å²) < 4.78 is 18.9. The summed E-state index contributed by atoms with van der Waals surface area (Å²) in [7, 11) is 1.39. The summed E-state index contributed by atoms with van der Waals surface area (Å²) in [6.45, 7) is 4.69. The van der Waals surface area contributed by atoms with E-state index in [9.17, 15) is 19.2 Å². The first-order valence-corrected chi connectivity index (χ1v) is 32.7. The average Bonchev–Trinajstić information content (AvgIpc) is 1.63. The number of nitrogens with zero attached hydrogens (tertiary/aromatic N) is 26. The van der Waals surface area contributed by atoms with Crippen LogP contribution in [0, 0.1) is 11.3 Å². The van der Waals surface area contributed by atoms with Gasteiger partial charge in [-0.25, -0.2) is 94.4 Å². The van der Waals surface area contributed by atoms with Crippen molar-refractivity contribution in [2.24, 2.45) is 39.9 Å². The first-order chi connectivity index (χ1) is 50.9. The SMILES string of the molecule is CC(=O)CCCn1c2ccccc2c2nc3nonc3nc21.COC(=O)CCn1c2ccccc2c2nc3c(nc21)=NCN=3.N#CCn1c2ccccc2c2nc3c(nc21)=NCN=3.O=C(O)CCn1c2ccccc2c2nc3c(nc21)=NCN=3.O=C(O)Cn1c2ccccc2c2nc3c(nc21)=NCN=3. The van der Waals surface area contributed by atoms with E-state index in [0.717, 1.165) is 94.3 Å². The number of ether oxygens (including phenoxy) is 1. The number of hydrogen-bond donors (Lipinski definition) is 2. The number of hydrogen-bond acceptors (Lipinski definition) is 27. The van der Waals surface area contributed by atoms with Crippen LogP contribution in [0.1, 0.15) is 32.6 Å². The highest BCUT2D eigenvalue weighted by molar-refractivity contribution is 6.08. The molecule has 0 radical (unpaired) electrons. The average molecular weight is 1390 g/mol. The lowest BCUT2D eigenvalue weighted by atomic mass is 10.2. The number of methoxy groups -OCH3 is 1. The molecule has 16 aromatic rings. The number of ketones is 1. The van der Waals surface area contributed by atoms with Crippen molar-refractivity contribution in [1.29, 1.82) is 5.26 Å². The number of esters is 1. The van der Waals surface area contributed by atoms with Crippen LogP contribution < -0.4 is 43.9 Å². The first kappa shape index (κ1) is 64.5. The predicted molar refractivity (Wildman–Crippen MR) is 371 cm³/mol. The van der Waals surface area contributed by atoms with E-state index in [-0.39, 0.29) is 37.7 Å². The largest absolute Gasteiger partial charge is 0.481 e. The lowest BCUT2D eigenvalue weighted by molar-refractivity contribution is -0.141. The minimum absolute atomic E-state index is 0.0358. The van der Waals surface area contributed by atoms with Gasteiger partial charge in [-0.3, -0.25) is 14.4 Å². The molecular formula is C70H54N26O8. The maximum atomic E-state index is 11.5. The van der Waals surface area contributed by atoms with Gasteiger partial charge in [-0.05, 0) is 54.0 Å². The quantitative estimate of drug-likeness (QED) is 0.156. The van der Waals surface area contributed by atoms with E-state index in [0.29, 0.717) is 130 Å². The van der Waals surface area contributed by atoms with E-state index < -0.39 is 11.9 Å². The Kier molecular flexibility index (Phi) is 16.9. The van der Waals surface area contributed by atoms with Crippen molar-refractivity contribution >= 4 is 145 Å². The summed E-state index contributed by atoms with van der Waals surface area (Å²) in [6, 6.07) is 41.2. The van der Waals surface area contributed by atoms with Crippen molar-refractivity contribution < 1.29 is 38.8 Å². The van der Waals surface area contributed by atoms with Crippen molar-refractivity contribution in [3.05, 3.63) is 165 Å². The number of nitriles is 1. The molecule has 0 aliphatic carbocycles. The monoisotopic (exact) mass is 1390 g/mol. The molecule has 104 heavy (non-hydrogen) atoms. The summed E-state index contributed by atoms with van der Waals surface area (Å²) in [6.07, 6.45) is 1.63. The van der Waals surface area contributed by atoms with Crippen molar-refractivity contribution in [3.63, 3.8) is 0 Å². The minimum Gasteiger partial charge on any atom is -0.481 e. The fraction of sp³-hybridized carbons (Fsp3) is 0.214. The molecule has 4 aliphatic heterocycles. The van der Waals surface area contributed by atoms with Gasteiger partial charge >= 0.3 is 17.9 Å². The zero-order chi connectivity index (χ0) is 71.1. The van der Waals surface area contributed by atoms with Gasteiger partial charge in [0, 0.05) is 53.0 Å². The molecule has 15 heterocycles. The molecule has 0 spiro atoms. The van der Waals surface area contributed by atoms with Crippen LogP contribution in [0.2, 0.25) is 0 Å². The van der Waals surface area contributed by atoms with Gasteiger partial charge in [0.05, 0.1) is 53.6 Å². The Hall–Kier alpha value is -14.1. The molecule has 0 fully saturated rings. The standard InChI is InChI=1S/2C15H13N5O2.C14H11N5O2.C13H8N6.C13H9N5O2/c1-9(21)5-4-8-20-11-7-3-2-6-10(11)12-15(20)17-14-13(16-12)18-22-19-14;1-22-11(21)6-7-20-10-5-3-2-4-9(10)12-15(20)19-14-13(18-12)16-8-17-14;20-10(21)5-6-19-9-4-2-1-3-8(9)11-14(19)18-13-12(17-11)15-7-16-13;14-5-6-19-9-4-2-1-3-8(9)10-13(19)18-12-11(17-10)15-7-16-12;19-9(20)5-18-8-4-2-1-3-7(8)10-13(18)17-12-11(16-10)14-6-15-12/h2-3,6-7H,4-5,8H2,1H3;2-5H,6-8H2,1H3;1-4H,5-7H2,(H,20,21);1-4H,6-7H2;1-4H,5-6H2,(H,19,20). The Morgan fingerprint density at radius 1 is 0.413 bits per heavy atom. The molecule has 5 aromatic carbocycles. The number of carbonyl (C=O) groups excluding carboxylic acids is 2.